The molecule has 1 aromatic carbocycles. The van der Waals surface area contributed by atoms with Crippen molar-refractivity contribution in [1.82, 2.24) is 9.97 Å². The number of nitrogens with zero attached hydrogens (tertiary/aromatic N) is 2. The fraction of sp³-hybridized carbons (Fsp3) is 0.300. The molecule has 2 heterocycles. The molecular formula is C20H23N2O5P. The maximum atomic E-state index is 12.7. The van der Waals surface area contributed by atoms with Gasteiger partial charge in [0.15, 0.2) is 5.65 Å². The van der Waals surface area contributed by atoms with Crippen molar-refractivity contribution in [2.75, 3.05) is 20.3 Å². The second-order valence-corrected chi connectivity index (χ2v) is 7.94. The SMILES string of the molecule is CCOP(=O)(Cc1ccc(Oc2ccnc3nc(OC)ccc23)cc1)OCC. The molecule has 0 saturated heterocycles. The summed E-state index contributed by atoms with van der Waals surface area (Å²) >= 11 is 0. The summed E-state index contributed by atoms with van der Waals surface area (Å²) in [7, 11) is -1.57. The number of rotatable bonds is 9. The summed E-state index contributed by atoms with van der Waals surface area (Å²) in [6, 6.07) is 12.7. The average molecular weight is 402 g/mol. The monoisotopic (exact) mass is 402 g/mol. The van der Waals surface area contributed by atoms with E-state index in [0.29, 0.717) is 36.2 Å². The maximum Gasteiger partial charge on any atom is 0.335 e. The fourth-order valence-electron chi connectivity index (χ4n) is 2.73. The first-order valence-corrected chi connectivity index (χ1v) is 10.7. The molecule has 0 bridgehead atoms. The lowest BCUT2D eigenvalue weighted by atomic mass is 10.2. The van der Waals surface area contributed by atoms with E-state index in [1.54, 1.807) is 39.3 Å². The van der Waals surface area contributed by atoms with Crippen LogP contribution in [0.1, 0.15) is 19.4 Å². The van der Waals surface area contributed by atoms with Crippen LogP contribution >= 0.6 is 7.60 Å². The van der Waals surface area contributed by atoms with Gasteiger partial charge < -0.3 is 18.5 Å². The van der Waals surface area contributed by atoms with Crippen LogP contribution in [0.3, 0.4) is 0 Å². The smallest absolute Gasteiger partial charge is 0.335 e. The Kier molecular flexibility index (Phi) is 6.62. The zero-order chi connectivity index (χ0) is 20.0. The lowest BCUT2D eigenvalue weighted by Crippen LogP contribution is -1.99. The maximum absolute atomic E-state index is 12.7. The molecule has 28 heavy (non-hydrogen) atoms. The zero-order valence-electron chi connectivity index (χ0n) is 16.1. The molecule has 3 aromatic rings. The Morgan fingerprint density at radius 3 is 2.32 bits per heavy atom. The van der Waals surface area contributed by atoms with E-state index >= 15 is 0 Å². The number of ether oxygens (including phenoxy) is 2. The molecule has 7 nitrogen and oxygen atoms in total. The van der Waals surface area contributed by atoms with Crippen molar-refractivity contribution in [3.63, 3.8) is 0 Å². The highest BCUT2D eigenvalue weighted by Crippen LogP contribution is 2.51. The number of benzene rings is 1. The topological polar surface area (TPSA) is 79.8 Å². The molecule has 2 aromatic heterocycles. The minimum atomic E-state index is -3.13. The van der Waals surface area contributed by atoms with E-state index in [1.165, 1.54) is 0 Å². The van der Waals surface area contributed by atoms with Gasteiger partial charge in [-0.05, 0) is 43.7 Å². The van der Waals surface area contributed by atoms with Crippen LogP contribution in [0.15, 0.2) is 48.7 Å². The first-order valence-electron chi connectivity index (χ1n) is 9.01. The van der Waals surface area contributed by atoms with Gasteiger partial charge in [-0.1, -0.05) is 12.1 Å². The Bertz CT molecular complexity index is 968. The van der Waals surface area contributed by atoms with Crippen molar-refractivity contribution < 1.29 is 23.1 Å². The third-order valence-electron chi connectivity index (χ3n) is 3.93. The Balaban J connectivity index is 1.78. The predicted octanol–water partition coefficient (Wildman–Crippen LogP) is 5.20. The van der Waals surface area contributed by atoms with Crippen LogP contribution in [0.2, 0.25) is 0 Å². The van der Waals surface area contributed by atoms with E-state index in [9.17, 15) is 4.57 Å². The summed E-state index contributed by atoms with van der Waals surface area (Å²) in [6.07, 6.45) is 1.86. The molecule has 0 aliphatic rings. The van der Waals surface area contributed by atoms with E-state index in [2.05, 4.69) is 9.97 Å². The molecular weight excluding hydrogens is 379 g/mol. The Labute approximate surface area is 164 Å². The van der Waals surface area contributed by atoms with Crippen molar-refractivity contribution in [1.29, 1.82) is 0 Å². The highest BCUT2D eigenvalue weighted by Gasteiger charge is 2.23. The van der Waals surface area contributed by atoms with Gasteiger partial charge in [-0.3, -0.25) is 4.57 Å². The summed E-state index contributed by atoms with van der Waals surface area (Å²) in [5, 5.41) is 0.782. The van der Waals surface area contributed by atoms with E-state index in [0.717, 1.165) is 10.9 Å². The third-order valence-corrected chi connectivity index (χ3v) is 5.98. The van der Waals surface area contributed by atoms with Crippen LogP contribution in [0.5, 0.6) is 17.4 Å². The summed E-state index contributed by atoms with van der Waals surface area (Å²) < 4.78 is 34.5. The summed E-state index contributed by atoms with van der Waals surface area (Å²) in [5.41, 5.74) is 1.39. The highest BCUT2D eigenvalue weighted by molar-refractivity contribution is 7.53. The molecule has 0 spiro atoms. The molecule has 0 atom stereocenters. The summed E-state index contributed by atoms with van der Waals surface area (Å²) in [4.78, 5) is 8.56. The van der Waals surface area contributed by atoms with Gasteiger partial charge in [-0.15, -0.1) is 0 Å². The first-order chi connectivity index (χ1) is 13.6. The number of methoxy groups -OCH3 is 1. The van der Waals surface area contributed by atoms with Crippen LogP contribution < -0.4 is 9.47 Å². The minimum Gasteiger partial charge on any atom is -0.481 e. The highest BCUT2D eigenvalue weighted by atomic mass is 31.2. The number of aromatic nitrogens is 2. The molecule has 8 heteroatoms. The second-order valence-electron chi connectivity index (χ2n) is 5.88. The zero-order valence-corrected chi connectivity index (χ0v) is 17.0. The van der Waals surface area contributed by atoms with Crippen LogP contribution in [0.4, 0.5) is 0 Å². The van der Waals surface area contributed by atoms with E-state index in [4.69, 9.17) is 18.5 Å². The summed E-state index contributed by atoms with van der Waals surface area (Å²) in [5.74, 6) is 1.78. The average Bonchev–Trinajstić information content (AvgIpc) is 2.69. The lowest BCUT2D eigenvalue weighted by molar-refractivity contribution is 0.219. The van der Waals surface area contributed by atoms with Gasteiger partial charge in [0, 0.05) is 12.3 Å². The van der Waals surface area contributed by atoms with Crippen LogP contribution in [0.25, 0.3) is 11.0 Å². The molecule has 0 saturated carbocycles. The molecule has 0 fully saturated rings. The van der Waals surface area contributed by atoms with Gasteiger partial charge in [0.05, 0.1) is 31.9 Å². The van der Waals surface area contributed by atoms with Crippen LogP contribution in [-0.4, -0.2) is 30.3 Å². The van der Waals surface area contributed by atoms with Crippen LogP contribution in [0, 0.1) is 0 Å². The Morgan fingerprint density at radius 2 is 1.68 bits per heavy atom. The van der Waals surface area contributed by atoms with Crippen molar-refractivity contribution in [3.05, 3.63) is 54.2 Å². The van der Waals surface area contributed by atoms with E-state index in [-0.39, 0.29) is 6.16 Å². The van der Waals surface area contributed by atoms with E-state index in [1.807, 2.05) is 30.3 Å². The standard InChI is InChI=1S/C20H23N2O5P/c1-4-25-28(23,26-5-2)14-15-6-8-16(9-7-15)27-18-12-13-21-20-17(18)10-11-19(22-20)24-3/h6-13H,4-5,14H2,1-3H3. The predicted molar refractivity (Wildman–Crippen MR) is 107 cm³/mol. The number of pyridine rings is 2. The van der Waals surface area contributed by atoms with Gasteiger partial charge >= 0.3 is 7.60 Å². The third kappa shape index (κ3) is 4.87. The molecule has 0 aliphatic carbocycles. The summed E-state index contributed by atoms with van der Waals surface area (Å²) in [6.45, 7) is 4.27. The molecule has 0 unspecified atom stereocenters. The van der Waals surface area contributed by atoms with Gasteiger partial charge in [-0.2, -0.15) is 4.98 Å². The normalized spacial score (nSPS) is 11.5. The fourth-order valence-corrected chi connectivity index (χ4v) is 4.43. The Morgan fingerprint density at radius 1 is 0.964 bits per heavy atom. The lowest BCUT2D eigenvalue weighted by Gasteiger charge is -2.17. The van der Waals surface area contributed by atoms with E-state index < -0.39 is 7.60 Å². The van der Waals surface area contributed by atoms with Crippen molar-refractivity contribution in [2.24, 2.45) is 0 Å². The van der Waals surface area contributed by atoms with Crippen LogP contribution in [-0.2, 0) is 19.8 Å². The molecule has 148 valence electrons. The molecule has 0 amide bonds. The number of hydrogen-bond acceptors (Lipinski definition) is 7. The molecule has 0 N–H and O–H groups in total. The van der Waals surface area contributed by atoms with Gasteiger partial charge in [-0.25, -0.2) is 4.98 Å². The second kappa shape index (κ2) is 9.15. The number of hydrogen-bond donors (Lipinski definition) is 0. The van der Waals surface area contributed by atoms with Crippen molar-refractivity contribution in [2.45, 2.75) is 20.0 Å². The minimum absolute atomic E-state index is 0.219. The van der Waals surface area contributed by atoms with Gasteiger partial charge in [0.2, 0.25) is 5.88 Å². The van der Waals surface area contributed by atoms with Gasteiger partial charge in [0.25, 0.3) is 0 Å². The Hall–Kier alpha value is -2.47. The number of fused-ring (bicyclic) bond motifs is 1. The molecule has 3 rings (SSSR count). The first kappa shape index (κ1) is 20.3. The van der Waals surface area contributed by atoms with Gasteiger partial charge in [0.1, 0.15) is 11.5 Å². The van der Waals surface area contributed by atoms with Crippen molar-refractivity contribution in [3.8, 4) is 17.4 Å². The molecule has 0 radical (unpaired) electrons. The largest absolute Gasteiger partial charge is 0.481 e. The molecule has 0 aliphatic heterocycles. The van der Waals surface area contributed by atoms with Crippen molar-refractivity contribution >= 4 is 18.6 Å². The quantitative estimate of drug-likeness (QED) is 0.455.